The Morgan fingerprint density at radius 2 is 2.06 bits per heavy atom. The van der Waals surface area contributed by atoms with Gasteiger partial charge < -0.3 is 0 Å². The van der Waals surface area contributed by atoms with Gasteiger partial charge in [0.1, 0.15) is 16.7 Å². The molecule has 16 heavy (non-hydrogen) atoms. The first kappa shape index (κ1) is 9.85. The average molecular weight is 237 g/mol. The predicted molar refractivity (Wildman–Crippen MR) is 60.5 cm³/mol. The Balaban J connectivity index is 2.08. The number of hydrogen-bond acceptors (Lipinski definition) is 1. The third-order valence-corrected chi connectivity index (χ3v) is 3.03. The quantitative estimate of drug-likeness (QED) is 0.780. The van der Waals surface area contributed by atoms with Crippen LogP contribution in [0.3, 0.4) is 0 Å². The van der Waals surface area contributed by atoms with E-state index in [1.807, 2.05) is 6.07 Å². The first-order chi connectivity index (χ1) is 7.75. The highest BCUT2D eigenvalue weighted by Crippen LogP contribution is 2.40. The van der Waals surface area contributed by atoms with E-state index in [0.29, 0.717) is 16.8 Å². The van der Waals surface area contributed by atoms with Crippen molar-refractivity contribution in [3.05, 3.63) is 47.0 Å². The molecular formula is C12H10ClFN2. The summed E-state index contributed by atoms with van der Waals surface area (Å²) in [6.07, 6.45) is 2.31. The van der Waals surface area contributed by atoms with Gasteiger partial charge in [-0.3, -0.25) is 0 Å². The second-order valence-electron chi connectivity index (χ2n) is 4.03. The van der Waals surface area contributed by atoms with Crippen molar-refractivity contribution in [3.8, 4) is 5.69 Å². The molecule has 1 saturated carbocycles. The SMILES string of the molecule is Fc1ccccc1-n1nc(C2CC2)cc1Cl. The summed E-state index contributed by atoms with van der Waals surface area (Å²) in [6.45, 7) is 0. The number of hydrogen-bond donors (Lipinski definition) is 0. The molecule has 1 heterocycles. The highest BCUT2D eigenvalue weighted by Gasteiger charge is 2.27. The Hall–Kier alpha value is -1.35. The van der Waals surface area contributed by atoms with E-state index in [-0.39, 0.29) is 5.82 Å². The summed E-state index contributed by atoms with van der Waals surface area (Å²) >= 11 is 6.06. The molecule has 0 bridgehead atoms. The second kappa shape index (κ2) is 3.59. The van der Waals surface area contributed by atoms with Crippen molar-refractivity contribution in [2.45, 2.75) is 18.8 Å². The van der Waals surface area contributed by atoms with Crippen LogP contribution in [0.4, 0.5) is 4.39 Å². The predicted octanol–water partition coefficient (Wildman–Crippen LogP) is 3.54. The van der Waals surface area contributed by atoms with Crippen molar-refractivity contribution in [2.24, 2.45) is 0 Å². The first-order valence-electron chi connectivity index (χ1n) is 5.26. The maximum absolute atomic E-state index is 13.6. The van der Waals surface area contributed by atoms with Crippen molar-refractivity contribution < 1.29 is 4.39 Å². The van der Waals surface area contributed by atoms with Crippen LogP contribution in [0.25, 0.3) is 5.69 Å². The third kappa shape index (κ3) is 1.61. The zero-order valence-electron chi connectivity index (χ0n) is 8.53. The van der Waals surface area contributed by atoms with Gasteiger partial charge >= 0.3 is 0 Å². The van der Waals surface area contributed by atoms with E-state index in [0.717, 1.165) is 18.5 Å². The van der Waals surface area contributed by atoms with Gasteiger partial charge in [-0.15, -0.1) is 0 Å². The van der Waals surface area contributed by atoms with Gasteiger partial charge in [-0.05, 0) is 31.0 Å². The number of aromatic nitrogens is 2. The van der Waals surface area contributed by atoms with Crippen LogP contribution < -0.4 is 0 Å². The van der Waals surface area contributed by atoms with Gasteiger partial charge in [-0.25, -0.2) is 9.07 Å². The van der Waals surface area contributed by atoms with Crippen LogP contribution in [0.5, 0.6) is 0 Å². The Morgan fingerprint density at radius 3 is 2.75 bits per heavy atom. The Morgan fingerprint density at radius 1 is 1.31 bits per heavy atom. The largest absolute Gasteiger partial charge is 0.219 e. The van der Waals surface area contributed by atoms with Gasteiger partial charge in [-0.1, -0.05) is 23.7 Å². The molecule has 2 aromatic rings. The molecule has 0 N–H and O–H groups in total. The molecule has 1 aromatic heterocycles. The van der Waals surface area contributed by atoms with E-state index in [2.05, 4.69) is 5.10 Å². The van der Waals surface area contributed by atoms with Crippen molar-refractivity contribution in [2.75, 3.05) is 0 Å². The lowest BCUT2D eigenvalue weighted by Gasteiger charge is -2.03. The van der Waals surface area contributed by atoms with Gasteiger partial charge in [0.05, 0.1) is 5.69 Å². The van der Waals surface area contributed by atoms with Gasteiger partial charge in [0.15, 0.2) is 0 Å². The number of para-hydroxylation sites is 1. The lowest BCUT2D eigenvalue weighted by Crippen LogP contribution is -2.00. The van der Waals surface area contributed by atoms with Crippen LogP contribution >= 0.6 is 11.6 Å². The summed E-state index contributed by atoms with van der Waals surface area (Å²) in [4.78, 5) is 0. The topological polar surface area (TPSA) is 17.8 Å². The fourth-order valence-electron chi connectivity index (χ4n) is 1.75. The molecule has 1 aromatic carbocycles. The molecule has 0 atom stereocenters. The maximum atomic E-state index is 13.6. The highest BCUT2D eigenvalue weighted by molar-refractivity contribution is 6.29. The molecule has 0 amide bonds. The first-order valence-corrected chi connectivity index (χ1v) is 5.64. The zero-order chi connectivity index (χ0) is 11.1. The molecule has 1 fully saturated rings. The lowest BCUT2D eigenvalue weighted by molar-refractivity contribution is 0.610. The van der Waals surface area contributed by atoms with E-state index in [1.54, 1.807) is 18.2 Å². The van der Waals surface area contributed by atoms with Gasteiger partial charge in [-0.2, -0.15) is 5.10 Å². The van der Waals surface area contributed by atoms with Crippen molar-refractivity contribution in [3.63, 3.8) is 0 Å². The molecule has 82 valence electrons. The van der Waals surface area contributed by atoms with Gasteiger partial charge in [0.25, 0.3) is 0 Å². The Labute approximate surface area is 97.7 Å². The summed E-state index contributed by atoms with van der Waals surface area (Å²) in [7, 11) is 0. The maximum Gasteiger partial charge on any atom is 0.148 e. The molecule has 0 radical (unpaired) electrons. The number of benzene rings is 1. The van der Waals surface area contributed by atoms with E-state index >= 15 is 0 Å². The van der Waals surface area contributed by atoms with Gasteiger partial charge in [0.2, 0.25) is 0 Å². The van der Waals surface area contributed by atoms with Crippen LogP contribution in [0, 0.1) is 5.82 Å². The van der Waals surface area contributed by atoms with E-state index in [4.69, 9.17) is 11.6 Å². The molecule has 3 rings (SSSR count). The van der Waals surface area contributed by atoms with Crippen molar-refractivity contribution in [1.82, 2.24) is 9.78 Å². The van der Waals surface area contributed by atoms with E-state index in [9.17, 15) is 4.39 Å². The van der Waals surface area contributed by atoms with Gasteiger partial charge in [0, 0.05) is 5.92 Å². The summed E-state index contributed by atoms with van der Waals surface area (Å²) in [5.74, 6) is 0.209. The lowest BCUT2D eigenvalue weighted by atomic mass is 10.3. The monoisotopic (exact) mass is 236 g/mol. The highest BCUT2D eigenvalue weighted by atomic mass is 35.5. The zero-order valence-corrected chi connectivity index (χ0v) is 9.28. The van der Waals surface area contributed by atoms with Crippen molar-refractivity contribution >= 4 is 11.6 Å². The second-order valence-corrected chi connectivity index (χ2v) is 4.42. The minimum atomic E-state index is -0.310. The summed E-state index contributed by atoms with van der Waals surface area (Å²) < 4.78 is 15.0. The molecule has 0 unspecified atom stereocenters. The van der Waals surface area contributed by atoms with Crippen LogP contribution in [-0.2, 0) is 0 Å². The molecule has 1 aliphatic rings. The van der Waals surface area contributed by atoms with E-state index in [1.165, 1.54) is 10.7 Å². The molecule has 2 nitrogen and oxygen atoms in total. The van der Waals surface area contributed by atoms with Crippen LogP contribution in [0.1, 0.15) is 24.5 Å². The molecule has 0 aliphatic heterocycles. The average Bonchev–Trinajstić information content (AvgIpc) is 3.04. The summed E-state index contributed by atoms with van der Waals surface area (Å²) in [5, 5.41) is 4.81. The minimum absolute atomic E-state index is 0.310. The standard InChI is InChI=1S/C12H10ClFN2/c13-12-7-10(8-5-6-8)15-16(12)11-4-2-1-3-9(11)14/h1-4,7-8H,5-6H2. The Bertz CT molecular complexity index is 532. The number of rotatable bonds is 2. The molecule has 4 heteroatoms. The molecule has 0 saturated heterocycles. The van der Waals surface area contributed by atoms with Crippen LogP contribution in [0.15, 0.2) is 30.3 Å². The third-order valence-electron chi connectivity index (χ3n) is 2.76. The van der Waals surface area contributed by atoms with Crippen LogP contribution in [0.2, 0.25) is 5.15 Å². The summed E-state index contributed by atoms with van der Waals surface area (Å²) in [6, 6.07) is 8.33. The van der Waals surface area contributed by atoms with Crippen LogP contribution in [-0.4, -0.2) is 9.78 Å². The molecule has 0 spiro atoms. The molecular weight excluding hydrogens is 227 g/mol. The minimum Gasteiger partial charge on any atom is -0.219 e. The number of nitrogens with zero attached hydrogens (tertiary/aromatic N) is 2. The number of halogens is 2. The Kier molecular flexibility index (Phi) is 2.21. The normalized spacial score (nSPS) is 15.4. The van der Waals surface area contributed by atoms with E-state index < -0.39 is 0 Å². The van der Waals surface area contributed by atoms with Crippen molar-refractivity contribution in [1.29, 1.82) is 0 Å². The fourth-order valence-corrected chi connectivity index (χ4v) is 1.99. The smallest absolute Gasteiger partial charge is 0.148 e. The summed E-state index contributed by atoms with van der Waals surface area (Å²) in [5.41, 5.74) is 1.37. The molecule has 1 aliphatic carbocycles. The fraction of sp³-hybridized carbons (Fsp3) is 0.250.